The van der Waals surface area contributed by atoms with Crippen LogP contribution in [0.5, 0.6) is 5.75 Å². The van der Waals surface area contributed by atoms with Crippen molar-refractivity contribution in [2.75, 3.05) is 11.9 Å². The molecule has 0 fully saturated rings. The van der Waals surface area contributed by atoms with Crippen LogP contribution in [0.4, 0.5) is 5.69 Å². The predicted octanol–water partition coefficient (Wildman–Crippen LogP) is 5.01. The van der Waals surface area contributed by atoms with Gasteiger partial charge in [-0.05, 0) is 83.7 Å². The van der Waals surface area contributed by atoms with Crippen LogP contribution in [0, 0.1) is 25.2 Å². The minimum Gasteiger partial charge on any atom is -0.493 e. The van der Waals surface area contributed by atoms with Crippen LogP contribution >= 0.6 is 15.9 Å². The summed E-state index contributed by atoms with van der Waals surface area (Å²) >= 11 is 3.43. The Morgan fingerprint density at radius 2 is 2.00 bits per heavy atom. The average Bonchev–Trinajstić information content (AvgIpc) is 2.58. The first kappa shape index (κ1) is 18.8. The Balaban J connectivity index is 2.21. The molecule has 0 aromatic heterocycles. The van der Waals surface area contributed by atoms with Crippen molar-refractivity contribution in [1.82, 2.24) is 0 Å². The van der Waals surface area contributed by atoms with Gasteiger partial charge in [0.25, 0.3) is 5.91 Å². The second kappa shape index (κ2) is 8.50. The van der Waals surface area contributed by atoms with E-state index in [1.54, 1.807) is 18.2 Å². The fraction of sp³-hybridized carbons (Fsp3) is 0.200. The molecule has 0 saturated carbocycles. The molecule has 1 N–H and O–H groups in total. The van der Waals surface area contributed by atoms with Crippen LogP contribution in [0.2, 0.25) is 0 Å². The van der Waals surface area contributed by atoms with Crippen LogP contribution in [0.25, 0.3) is 6.08 Å². The van der Waals surface area contributed by atoms with Gasteiger partial charge in [0.1, 0.15) is 17.4 Å². The van der Waals surface area contributed by atoms with Gasteiger partial charge >= 0.3 is 0 Å². The monoisotopic (exact) mass is 398 g/mol. The lowest BCUT2D eigenvalue weighted by molar-refractivity contribution is -0.112. The lowest BCUT2D eigenvalue weighted by Crippen LogP contribution is -2.13. The van der Waals surface area contributed by atoms with Crippen LogP contribution in [-0.4, -0.2) is 12.5 Å². The third kappa shape index (κ3) is 4.94. The number of ether oxygens (including phenoxy) is 1. The van der Waals surface area contributed by atoms with Gasteiger partial charge in [0, 0.05) is 5.69 Å². The number of hydrogen-bond donors (Lipinski definition) is 1. The van der Waals surface area contributed by atoms with Crippen LogP contribution in [0.1, 0.15) is 23.6 Å². The molecule has 0 spiro atoms. The number of nitrogens with zero attached hydrogens (tertiary/aromatic N) is 1. The molecule has 0 aliphatic carbocycles. The molecule has 0 aliphatic heterocycles. The number of nitriles is 1. The summed E-state index contributed by atoms with van der Waals surface area (Å²) < 4.78 is 6.23. The summed E-state index contributed by atoms with van der Waals surface area (Å²) in [4.78, 5) is 12.4. The molecule has 25 heavy (non-hydrogen) atoms. The van der Waals surface area contributed by atoms with Crippen molar-refractivity contribution < 1.29 is 9.53 Å². The lowest BCUT2D eigenvalue weighted by atomic mass is 10.1. The maximum atomic E-state index is 12.4. The van der Waals surface area contributed by atoms with E-state index in [-0.39, 0.29) is 5.57 Å². The number of nitrogens with one attached hydrogen (secondary N) is 1. The maximum Gasteiger partial charge on any atom is 0.266 e. The van der Waals surface area contributed by atoms with Gasteiger partial charge in [0.05, 0.1) is 11.1 Å². The van der Waals surface area contributed by atoms with Crippen LogP contribution in [0.3, 0.4) is 0 Å². The highest BCUT2D eigenvalue weighted by Crippen LogP contribution is 2.27. The number of carbonyl (C=O) groups is 1. The number of aryl methyl sites for hydroxylation is 2. The first-order valence-electron chi connectivity index (χ1n) is 7.87. The minimum atomic E-state index is -0.434. The normalized spacial score (nSPS) is 10.9. The van der Waals surface area contributed by atoms with Crippen molar-refractivity contribution in [2.24, 2.45) is 0 Å². The van der Waals surface area contributed by atoms with Gasteiger partial charge in [0.15, 0.2) is 0 Å². The van der Waals surface area contributed by atoms with E-state index in [1.165, 1.54) is 0 Å². The Morgan fingerprint density at radius 1 is 1.24 bits per heavy atom. The highest BCUT2D eigenvalue weighted by atomic mass is 79.9. The number of halogens is 1. The topological polar surface area (TPSA) is 62.1 Å². The number of benzene rings is 2. The van der Waals surface area contributed by atoms with Crippen molar-refractivity contribution in [3.8, 4) is 11.8 Å². The van der Waals surface area contributed by atoms with E-state index in [0.29, 0.717) is 12.3 Å². The highest BCUT2D eigenvalue weighted by molar-refractivity contribution is 9.10. The van der Waals surface area contributed by atoms with Gasteiger partial charge in [-0.3, -0.25) is 4.79 Å². The summed E-state index contributed by atoms with van der Waals surface area (Å²) in [7, 11) is 0. The zero-order chi connectivity index (χ0) is 18.4. The molecule has 0 heterocycles. The van der Waals surface area contributed by atoms with Crippen LogP contribution in [0.15, 0.2) is 46.4 Å². The molecule has 2 aromatic carbocycles. The van der Waals surface area contributed by atoms with E-state index in [0.717, 1.165) is 26.9 Å². The van der Waals surface area contributed by atoms with Gasteiger partial charge in [0.2, 0.25) is 0 Å². The van der Waals surface area contributed by atoms with Crippen molar-refractivity contribution in [1.29, 1.82) is 5.26 Å². The second-order valence-electron chi connectivity index (χ2n) is 5.55. The summed E-state index contributed by atoms with van der Waals surface area (Å²) in [6.07, 6.45) is 1.55. The van der Waals surface area contributed by atoms with Crippen molar-refractivity contribution in [3.05, 3.63) is 63.1 Å². The number of hydrogen-bond acceptors (Lipinski definition) is 3. The summed E-state index contributed by atoms with van der Waals surface area (Å²) in [6, 6.07) is 13.0. The summed E-state index contributed by atoms with van der Waals surface area (Å²) in [5, 5.41) is 12.1. The number of amides is 1. The second-order valence-corrected chi connectivity index (χ2v) is 6.40. The molecule has 4 nitrogen and oxygen atoms in total. The van der Waals surface area contributed by atoms with E-state index < -0.39 is 5.91 Å². The summed E-state index contributed by atoms with van der Waals surface area (Å²) in [5.41, 5.74) is 3.67. The fourth-order valence-electron chi connectivity index (χ4n) is 2.21. The Labute approximate surface area is 156 Å². The van der Waals surface area contributed by atoms with E-state index in [9.17, 15) is 10.1 Å². The Morgan fingerprint density at radius 3 is 2.60 bits per heavy atom. The van der Waals surface area contributed by atoms with Crippen LogP contribution < -0.4 is 10.1 Å². The smallest absolute Gasteiger partial charge is 0.266 e. The maximum absolute atomic E-state index is 12.4. The van der Waals surface area contributed by atoms with Gasteiger partial charge in [-0.2, -0.15) is 5.26 Å². The number of carbonyl (C=O) groups excluding carboxylic acids is 1. The zero-order valence-corrected chi connectivity index (χ0v) is 16.0. The molecule has 0 unspecified atom stereocenters. The van der Waals surface area contributed by atoms with Crippen molar-refractivity contribution >= 4 is 33.6 Å². The molecular weight excluding hydrogens is 380 g/mol. The first-order chi connectivity index (χ1) is 11.9. The molecule has 0 bridgehead atoms. The van der Waals surface area contributed by atoms with Gasteiger partial charge in [-0.15, -0.1) is 0 Å². The standard InChI is InChI=1S/C20H19BrN2O2/c1-4-25-19-8-6-15(11-18(19)21)10-16(12-22)20(24)23-17-7-5-13(2)14(3)9-17/h5-11H,4H2,1-3H3,(H,23,24)/b16-10+. The van der Waals surface area contributed by atoms with Gasteiger partial charge in [-0.1, -0.05) is 12.1 Å². The molecule has 2 rings (SSSR count). The Kier molecular flexibility index (Phi) is 6.37. The average molecular weight is 399 g/mol. The van der Waals surface area contributed by atoms with Gasteiger partial charge in [-0.25, -0.2) is 0 Å². The largest absolute Gasteiger partial charge is 0.493 e. The molecule has 128 valence electrons. The molecular formula is C20H19BrN2O2. The third-order valence-electron chi connectivity index (χ3n) is 3.70. The van der Waals surface area contributed by atoms with E-state index in [2.05, 4.69) is 21.2 Å². The zero-order valence-electron chi connectivity index (χ0n) is 14.4. The molecule has 0 radical (unpaired) electrons. The molecule has 5 heteroatoms. The fourth-order valence-corrected chi connectivity index (χ4v) is 2.72. The van der Waals surface area contributed by atoms with Crippen LogP contribution in [-0.2, 0) is 4.79 Å². The summed E-state index contributed by atoms with van der Waals surface area (Å²) in [5.74, 6) is 0.286. The molecule has 2 aromatic rings. The minimum absolute atomic E-state index is 0.0364. The Bertz CT molecular complexity index is 866. The van der Waals surface area contributed by atoms with Gasteiger partial charge < -0.3 is 10.1 Å². The quantitative estimate of drug-likeness (QED) is 0.568. The lowest BCUT2D eigenvalue weighted by Gasteiger charge is -2.08. The predicted molar refractivity (Wildman–Crippen MR) is 103 cm³/mol. The van der Waals surface area contributed by atoms with E-state index in [1.807, 2.05) is 51.1 Å². The SMILES string of the molecule is CCOc1ccc(/C=C(\C#N)C(=O)Nc2ccc(C)c(C)c2)cc1Br. The molecule has 1 amide bonds. The van der Waals surface area contributed by atoms with E-state index in [4.69, 9.17) is 4.74 Å². The third-order valence-corrected chi connectivity index (χ3v) is 4.32. The number of anilines is 1. The summed E-state index contributed by atoms with van der Waals surface area (Å²) in [6.45, 7) is 6.45. The Hall–Kier alpha value is -2.58. The van der Waals surface area contributed by atoms with E-state index >= 15 is 0 Å². The molecule has 0 saturated heterocycles. The molecule has 0 aliphatic rings. The highest BCUT2D eigenvalue weighted by Gasteiger charge is 2.11. The first-order valence-corrected chi connectivity index (χ1v) is 8.66. The number of rotatable bonds is 5. The van der Waals surface area contributed by atoms with Crippen molar-refractivity contribution in [3.63, 3.8) is 0 Å². The van der Waals surface area contributed by atoms with Crippen molar-refractivity contribution in [2.45, 2.75) is 20.8 Å². The molecule has 0 atom stereocenters.